The fraction of sp³-hybridized carbons (Fsp3) is 0.133. The predicted molar refractivity (Wildman–Crippen MR) is 72.8 cm³/mol. The van der Waals surface area contributed by atoms with Crippen molar-refractivity contribution in [2.75, 3.05) is 7.11 Å². The number of H-pyrrole nitrogens is 1. The second kappa shape index (κ2) is 4.18. The number of benzene rings is 1. The molecule has 0 unspecified atom stereocenters. The molecule has 0 radical (unpaired) electrons. The van der Waals surface area contributed by atoms with Crippen LogP contribution in [0.15, 0.2) is 42.7 Å². The minimum Gasteiger partial charge on any atom is -0.497 e. The molecule has 1 aromatic carbocycles. The molecule has 1 N–H and O–H groups in total. The first kappa shape index (κ1) is 10.8. The number of methoxy groups -OCH3 is 1. The second-order valence-electron chi connectivity index (χ2n) is 4.28. The summed E-state index contributed by atoms with van der Waals surface area (Å²) < 4.78 is 5.27. The van der Waals surface area contributed by atoms with E-state index in [1.807, 2.05) is 24.4 Å². The second-order valence-corrected chi connectivity index (χ2v) is 4.28. The highest BCUT2D eigenvalue weighted by Crippen LogP contribution is 2.31. The molecule has 3 rings (SSSR count). The Morgan fingerprint density at radius 3 is 2.83 bits per heavy atom. The molecule has 3 heteroatoms. The molecule has 0 fully saturated rings. The Bertz CT molecular complexity index is 686. The van der Waals surface area contributed by atoms with Crippen molar-refractivity contribution in [3.8, 4) is 17.0 Å². The summed E-state index contributed by atoms with van der Waals surface area (Å²) >= 11 is 0. The number of aromatic nitrogens is 2. The van der Waals surface area contributed by atoms with Gasteiger partial charge in [-0.2, -0.15) is 0 Å². The van der Waals surface area contributed by atoms with Crippen LogP contribution in [0.3, 0.4) is 0 Å². The maximum atomic E-state index is 5.27. The van der Waals surface area contributed by atoms with Gasteiger partial charge in [-0.3, -0.25) is 4.98 Å². The monoisotopic (exact) mass is 238 g/mol. The van der Waals surface area contributed by atoms with Crippen LogP contribution in [0.4, 0.5) is 0 Å². The van der Waals surface area contributed by atoms with Gasteiger partial charge in [0.2, 0.25) is 0 Å². The molecule has 0 aliphatic rings. The van der Waals surface area contributed by atoms with Crippen LogP contribution in [0, 0.1) is 6.92 Å². The Labute approximate surface area is 105 Å². The third-order valence-electron chi connectivity index (χ3n) is 3.22. The number of hydrogen-bond acceptors (Lipinski definition) is 2. The largest absolute Gasteiger partial charge is 0.497 e. The average Bonchev–Trinajstić information content (AvgIpc) is 2.77. The van der Waals surface area contributed by atoms with Crippen molar-refractivity contribution in [1.29, 1.82) is 0 Å². The van der Waals surface area contributed by atoms with Gasteiger partial charge in [0.25, 0.3) is 0 Å². The van der Waals surface area contributed by atoms with E-state index in [1.54, 1.807) is 13.3 Å². The van der Waals surface area contributed by atoms with Gasteiger partial charge in [-0.05, 0) is 42.8 Å². The Morgan fingerprint density at radius 2 is 2.11 bits per heavy atom. The number of fused-ring (bicyclic) bond motifs is 1. The van der Waals surface area contributed by atoms with Gasteiger partial charge in [0.05, 0.1) is 12.8 Å². The molecule has 2 aromatic heterocycles. The van der Waals surface area contributed by atoms with E-state index in [4.69, 9.17) is 4.74 Å². The van der Waals surface area contributed by atoms with E-state index in [9.17, 15) is 0 Å². The van der Waals surface area contributed by atoms with Crippen molar-refractivity contribution in [2.45, 2.75) is 6.92 Å². The topological polar surface area (TPSA) is 37.9 Å². The summed E-state index contributed by atoms with van der Waals surface area (Å²) in [5, 5.41) is 1.19. The predicted octanol–water partition coefficient (Wildman–Crippen LogP) is 3.55. The molecule has 0 amide bonds. The third-order valence-corrected chi connectivity index (χ3v) is 3.22. The Hall–Kier alpha value is -2.29. The van der Waals surface area contributed by atoms with E-state index < -0.39 is 0 Å². The quantitative estimate of drug-likeness (QED) is 0.741. The molecule has 3 aromatic rings. The van der Waals surface area contributed by atoms with Gasteiger partial charge in [0.1, 0.15) is 5.75 Å². The number of ether oxygens (including phenoxy) is 1. The van der Waals surface area contributed by atoms with Crippen molar-refractivity contribution in [3.05, 3.63) is 48.3 Å². The van der Waals surface area contributed by atoms with E-state index in [0.717, 1.165) is 22.5 Å². The van der Waals surface area contributed by atoms with Gasteiger partial charge in [0.15, 0.2) is 0 Å². The summed E-state index contributed by atoms with van der Waals surface area (Å²) in [4.78, 5) is 7.60. The van der Waals surface area contributed by atoms with E-state index in [2.05, 4.69) is 29.0 Å². The maximum Gasteiger partial charge on any atom is 0.119 e. The van der Waals surface area contributed by atoms with Crippen molar-refractivity contribution < 1.29 is 4.74 Å². The lowest BCUT2D eigenvalue weighted by Crippen LogP contribution is -1.81. The number of aromatic amines is 1. The lowest BCUT2D eigenvalue weighted by molar-refractivity contribution is 0.415. The molecule has 2 heterocycles. The van der Waals surface area contributed by atoms with Crippen LogP contribution in [0.25, 0.3) is 22.2 Å². The van der Waals surface area contributed by atoms with Gasteiger partial charge in [-0.1, -0.05) is 0 Å². The number of pyridine rings is 1. The summed E-state index contributed by atoms with van der Waals surface area (Å²) in [5.74, 6) is 0.877. The maximum absolute atomic E-state index is 5.27. The molecule has 18 heavy (non-hydrogen) atoms. The van der Waals surface area contributed by atoms with Crippen molar-refractivity contribution in [2.24, 2.45) is 0 Å². The van der Waals surface area contributed by atoms with Gasteiger partial charge >= 0.3 is 0 Å². The molecular weight excluding hydrogens is 224 g/mol. The summed E-state index contributed by atoms with van der Waals surface area (Å²) in [7, 11) is 1.69. The smallest absolute Gasteiger partial charge is 0.119 e. The van der Waals surface area contributed by atoms with E-state index >= 15 is 0 Å². The van der Waals surface area contributed by atoms with Gasteiger partial charge in [-0.25, -0.2) is 0 Å². The first-order valence-electron chi connectivity index (χ1n) is 5.86. The van der Waals surface area contributed by atoms with Crippen LogP contribution in [0.1, 0.15) is 5.56 Å². The lowest BCUT2D eigenvalue weighted by Gasteiger charge is -1.99. The zero-order valence-electron chi connectivity index (χ0n) is 10.4. The molecular formula is C15H14N2O. The number of rotatable bonds is 2. The number of nitrogens with one attached hydrogen (secondary N) is 1. The SMILES string of the molecule is COc1ccc2[nH]c(-c3cccnc3)c(C)c2c1. The fourth-order valence-electron chi connectivity index (χ4n) is 2.23. The van der Waals surface area contributed by atoms with E-state index in [1.165, 1.54) is 10.9 Å². The van der Waals surface area contributed by atoms with Crippen molar-refractivity contribution >= 4 is 10.9 Å². The van der Waals surface area contributed by atoms with E-state index in [-0.39, 0.29) is 0 Å². The molecule has 3 nitrogen and oxygen atoms in total. The van der Waals surface area contributed by atoms with Crippen molar-refractivity contribution in [3.63, 3.8) is 0 Å². The first-order chi connectivity index (χ1) is 8.79. The standard InChI is InChI=1S/C15H14N2O/c1-10-13-8-12(18-2)5-6-14(13)17-15(10)11-4-3-7-16-9-11/h3-9,17H,1-2H3. The molecule has 0 spiro atoms. The van der Waals surface area contributed by atoms with Crippen LogP contribution in [-0.2, 0) is 0 Å². The molecule has 0 bridgehead atoms. The molecule has 0 saturated carbocycles. The van der Waals surface area contributed by atoms with Crippen LogP contribution in [0.5, 0.6) is 5.75 Å². The van der Waals surface area contributed by atoms with Crippen LogP contribution >= 0.6 is 0 Å². The van der Waals surface area contributed by atoms with Crippen LogP contribution in [0.2, 0.25) is 0 Å². The normalized spacial score (nSPS) is 10.8. The fourth-order valence-corrected chi connectivity index (χ4v) is 2.23. The van der Waals surface area contributed by atoms with Gasteiger partial charge in [0, 0.05) is 28.9 Å². The Kier molecular flexibility index (Phi) is 2.52. The third kappa shape index (κ3) is 1.64. The summed E-state index contributed by atoms with van der Waals surface area (Å²) in [6, 6.07) is 10.1. The number of hydrogen-bond donors (Lipinski definition) is 1. The van der Waals surface area contributed by atoms with Crippen LogP contribution < -0.4 is 4.74 Å². The van der Waals surface area contributed by atoms with Crippen molar-refractivity contribution in [1.82, 2.24) is 9.97 Å². The number of nitrogens with zero attached hydrogens (tertiary/aromatic N) is 1. The Morgan fingerprint density at radius 1 is 1.22 bits per heavy atom. The highest BCUT2D eigenvalue weighted by Gasteiger charge is 2.10. The molecule has 0 atom stereocenters. The first-order valence-corrected chi connectivity index (χ1v) is 5.86. The number of aryl methyl sites for hydroxylation is 1. The Balaban J connectivity index is 2.23. The highest BCUT2D eigenvalue weighted by atomic mass is 16.5. The summed E-state index contributed by atoms with van der Waals surface area (Å²) in [5.41, 5.74) is 4.56. The van der Waals surface area contributed by atoms with Crippen LogP contribution in [-0.4, -0.2) is 17.1 Å². The van der Waals surface area contributed by atoms with Gasteiger partial charge < -0.3 is 9.72 Å². The van der Waals surface area contributed by atoms with Gasteiger partial charge in [-0.15, -0.1) is 0 Å². The minimum atomic E-state index is 0.877. The lowest BCUT2D eigenvalue weighted by atomic mass is 10.1. The zero-order chi connectivity index (χ0) is 12.5. The molecule has 0 aliphatic heterocycles. The summed E-state index contributed by atoms with van der Waals surface area (Å²) in [6.45, 7) is 2.11. The highest BCUT2D eigenvalue weighted by molar-refractivity contribution is 5.91. The minimum absolute atomic E-state index is 0.877. The average molecular weight is 238 g/mol. The molecule has 0 saturated heterocycles. The molecule has 0 aliphatic carbocycles. The zero-order valence-corrected chi connectivity index (χ0v) is 10.4. The van der Waals surface area contributed by atoms with E-state index in [0.29, 0.717) is 0 Å². The summed E-state index contributed by atoms with van der Waals surface area (Å²) in [6.07, 6.45) is 3.65. The molecule has 90 valence electrons.